The van der Waals surface area contributed by atoms with Crippen molar-refractivity contribution < 1.29 is 4.79 Å². The molecule has 0 bridgehead atoms. The molecule has 98 valence electrons. The predicted molar refractivity (Wildman–Crippen MR) is 81.2 cm³/mol. The summed E-state index contributed by atoms with van der Waals surface area (Å²) in [5.74, 6) is -0.223. The summed E-state index contributed by atoms with van der Waals surface area (Å²) < 4.78 is 0.706. The van der Waals surface area contributed by atoms with Crippen molar-refractivity contribution >= 4 is 39.1 Å². The molecule has 0 radical (unpaired) electrons. The van der Waals surface area contributed by atoms with Crippen LogP contribution in [0.2, 0.25) is 5.02 Å². The lowest BCUT2D eigenvalue weighted by atomic mass is 10.1. The van der Waals surface area contributed by atoms with Crippen LogP contribution in [0.5, 0.6) is 0 Å². The van der Waals surface area contributed by atoms with Crippen LogP contribution in [-0.4, -0.2) is 5.91 Å². The van der Waals surface area contributed by atoms with E-state index >= 15 is 0 Å². The first-order valence-electron chi connectivity index (χ1n) is 5.65. The molecule has 0 aliphatic rings. The number of nitrogens with one attached hydrogen (secondary N) is 1. The van der Waals surface area contributed by atoms with E-state index in [1.54, 1.807) is 24.3 Å². The topological polar surface area (TPSA) is 55.1 Å². The second kappa shape index (κ2) is 6.08. The first-order chi connectivity index (χ1) is 9.09. The highest BCUT2D eigenvalue weighted by Gasteiger charge is 2.11. The third-order valence-electron chi connectivity index (χ3n) is 2.69. The monoisotopic (exact) mass is 338 g/mol. The highest BCUT2D eigenvalue weighted by Crippen LogP contribution is 2.23. The van der Waals surface area contributed by atoms with Gasteiger partial charge in [0, 0.05) is 16.0 Å². The van der Waals surface area contributed by atoms with Crippen molar-refractivity contribution in [1.82, 2.24) is 5.32 Å². The number of carbonyl (C=O) groups excluding carboxylic acids is 1. The number of amides is 1. The molecule has 2 rings (SSSR count). The van der Waals surface area contributed by atoms with Gasteiger partial charge in [0.05, 0.1) is 11.3 Å². The van der Waals surface area contributed by atoms with E-state index in [9.17, 15) is 4.79 Å². The minimum Gasteiger partial charge on any atom is -0.397 e. The molecule has 2 aromatic rings. The molecule has 0 aromatic heterocycles. The van der Waals surface area contributed by atoms with Crippen molar-refractivity contribution in [2.24, 2.45) is 0 Å². The molecule has 3 nitrogen and oxygen atoms in total. The average molecular weight is 340 g/mol. The Labute approximate surface area is 124 Å². The van der Waals surface area contributed by atoms with Gasteiger partial charge in [-0.15, -0.1) is 0 Å². The van der Waals surface area contributed by atoms with Gasteiger partial charge in [0.1, 0.15) is 0 Å². The fraction of sp³-hybridized carbons (Fsp3) is 0.0714. The molecule has 1 amide bonds. The lowest BCUT2D eigenvalue weighted by Crippen LogP contribution is -2.24. The normalized spacial score (nSPS) is 10.2. The van der Waals surface area contributed by atoms with Crippen molar-refractivity contribution in [2.45, 2.75) is 6.54 Å². The summed E-state index contributed by atoms with van der Waals surface area (Å²) >= 11 is 9.32. The van der Waals surface area contributed by atoms with Gasteiger partial charge in [0.15, 0.2) is 0 Å². The van der Waals surface area contributed by atoms with Gasteiger partial charge in [-0.25, -0.2) is 0 Å². The largest absolute Gasteiger partial charge is 0.397 e. The summed E-state index contributed by atoms with van der Waals surface area (Å²) in [4.78, 5) is 12.0. The molecule has 0 heterocycles. The van der Waals surface area contributed by atoms with Crippen LogP contribution in [0.25, 0.3) is 0 Å². The number of hydrogen-bond acceptors (Lipinski definition) is 2. The number of halogens is 2. The van der Waals surface area contributed by atoms with Gasteiger partial charge >= 0.3 is 0 Å². The Balaban J connectivity index is 2.10. The van der Waals surface area contributed by atoms with E-state index in [-0.39, 0.29) is 5.91 Å². The van der Waals surface area contributed by atoms with Gasteiger partial charge in [-0.3, -0.25) is 4.79 Å². The lowest BCUT2D eigenvalue weighted by Gasteiger charge is -2.09. The Morgan fingerprint density at radius 2 is 1.95 bits per heavy atom. The fourth-order valence-corrected chi connectivity index (χ4v) is 2.22. The minimum atomic E-state index is -0.223. The van der Waals surface area contributed by atoms with Crippen LogP contribution in [0.3, 0.4) is 0 Å². The van der Waals surface area contributed by atoms with Crippen molar-refractivity contribution in [3.05, 3.63) is 63.1 Å². The molecule has 0 aliphatic heterocycles. The van der Waals surface area contributed by atoms with Gasteiger partial charge in [-0.05, 0) is 39.7 Å². The molecule has 19 heavy (non-hydrogen) atoms. The van der Waals surface area contributed by atoms with E-state index in [1.807, 2.05) is 18.2 Å². The Bertz CT molecular complexity index is 616. The Morgan fingerprint density at radius 3 is 2.68 bits per heavy atom. The Kier molecular flexibility index (Phi) is 4.45. The first-order valence-corrected chi connectivity index (χ1v) is 6.82. The SMILES string of the molecule is Nc1c(Br)cccc1C(=O)NCc1ccccc1Cl. The summed E-state index contributed by atoms with van der Waals surface area (Å²) in [6.07, 6.45) is 0. The Hall–Kier alpha value is -1.52. The molecule has 0 saturated carbocycles. The molecular weight excluding hydrogens is 328 g/mol. The molecule has 0 aliphatic carbocycles. The summed E-state index contributed by atoms with van der Waals surface area (Å²) in [5.41, 5.74) is 7.59. The molecule has 5 heteroatoms. The van der Waals surface area contributed by atoms with Crippen LogP contribution in [-0.2, 0) is 6.54 Å². The Morgan fingerprint density at radius 1 is 1.21 bits per heavy atom. The zero-order chi connectivity index (χ0) is 13.8. The smallest absolute Gasteiger partial charge is 0.253 e. The number of nitrogens with two attached hydrogens (primary N) is 1. The van der Waals surface area contributed by atoms with E-state index in [2.05, 4.69) is 21.2 Å². The number of hydrogen-bond donors (Lipinski definition) is 2. The fourth-order valence-electron chi connectivity index (χ4n) is 1.65. The highest BCUT2D eigenvalue weighted by molar-refractivity contribution is 9.10. The van der Waals surface area contributed by atoms with Crippen molar-refractivity contribution in [3.63, 3.8) is 0 Å². The average Bonchev–Trinajstić information content (AvgIpc) is 2.40. The summed E-state index contributed by atoms with van der Waals surface area (Å²) in [7, 11) is 0. The predicted octanol–water partition coefficient (Wildman–Crippen LogP) is 3.61. The second-order valence-corrected chi connectivity index (χ2v) is 5.24. The maximum atomic E-state index is 12.0. The van der Waals surface area contributed by atoms with E-state index in [0.717, 1.165) is 5.56 Å². The molecule has 0 unspecified atom stereocenters. The number of rotatable bonds is 3. The van der Waals surface area contributed by atoms with Crippen LogP contribution in [0, 0.1) is 0 Å². The van der Waals surface area contributed by atoms with E-state index in [4.69, 9.17) is 17.3 Å². The minimum absolute atomic E-state index is 0.223. The molecule has 0 spiro atoms. The van der Waals surface area contributed by atoms with Crippen LogP contribution in [0.4, 0.5) is 5.69 Å². The summed E-state index contributed by atoms with van der Waals surface area (Å²) in [5, 5.41) is 3.43. The van der Waals surface area contributed by atoms with Crippen molar-refractivity contribution in [1.29, 1.82) is 0 Å². The molecular formula is C14H12BrClN2O. The summed E-state index contributed by atoms with van der Waals surface area (Å²) in [6, 6.07) is 12.6. The van der Waals surface area contributed by atoms with Crippen LogP contribution < -0.4 is 11.1 Å². The lowest BCUT2D eigenvalue weighted by molar-refractivity contribution is 0.0952. The number of benzene rings is 2. The van der Waals surface area contributed by atoms with Crippen LogP contribution in [0.15, 0.2) is 46.9 Å². The van der Waals surface area contributed by atoms with Crippen molar-refractivity contribution in [2.75, 3.05) is 5.73 Å². The quantitative estimate of drug-likeness (QED) is 0.839. The number of carbonyl (C=O) groups is 1. The van der Waals surface area contributed by atoms with Crippen LogP contribution in [0.1, 0.15) is 15.9 Å². The van der Waals surface area contributed by atoms with Gasteiger partial charge in [0.2, 0.25) is 0 Å². The van der Waals surface area contributed by atoms with Gasteiger partial charge < -0.3 is 11.1 Å². The van der Waals surface area contributed by atoms with Gasteiger partial charge in [-0.2, -0.15) is 0 Å². The standard InChI is InChI=1S/C14H12BrClN2O/c15-11-6-3-5-10(13(11)17)14(19)18-8-9-4-1-2-7-12(9)16/h1-7H,8,17H2,(H,18,19). The molecule has 0 fully saturated rings. The molecule has 0 atom stereocenters. The van der Waals surface area contributed by atoms with Gasteiger partial charge in [-0.1, -0.05) is 35.9 Å². The molecule has 0 saturated heterocycles. The first kappa shape index (κ1) is 13.9. The van der Waals surface area contributed by atoms with Gasteiger partial charge in [0.25, 0.3) is 5.91 Å². The zero-order valence-corrected chi connectivity index (χ0v) is 12.3. The number of anilines is 1. The van der Waals surface area contributed by atoms with Crippen LogP contribution >= 0.6 is 27.5 Å². The molecule has 2 aromatic carbocycles. The maximum Gasteiger partial charge on any atom is 0.253 e. The van der Waals surface area contributed by atoms with E-state index in [1.165, 1.54) is 0 Å². The van der Waals surface area contributed by atoms with Crippen molar-refractivity contribution in [3.8, 4) is 0 Å². The molecule has 3 N–H and O–H groups in total. The van der Waals surface area contributed by atoms with E-state index in [0.29, 0.717) is 27.3 Å². The van der Waals surface area contributed by atoms with E-state index < -0.39 is 0 Å². The number of nitrogen functional groups attached to an aromatic ring is 1. The third-order valence-corrected chi connectivity index (χ3v) is 3.76. The second-order valence-electron chi connectivity index (χ2n) is 3.98. The summed E-state index contributed by atoms with van der Waals surface area (Å²) in [6.45, 7) is 0.366. The maximum absolute atomic E-state index is 12.0. The highest BCUT2D eigenvalue weighted by atomic mass is 79.9. The zero-order valence-electron chi connectivity index (χ0n) is 9.99. The third kappa shape index (κ3) is 3.28. The number of para-hydroxylation sites is 1.